The topological polar surface area (TPSA) is 62.5 Å². The molecule has 0 radical (unpaired) electrons. The Bertz CT molecular complexity index is 1730. The summed E-state index contributed by atoms with van der Waals surface area (Å²) in [7, 11) is 0. The largest absolute Gasteiger partial charge is 0.226 e. The number of hydrogen-bond donors (Lipinski definition) is 0. The zero-order chi connectivity index (χ0) is 26.6. The molecule has 0 amide bonds. The molecule has 5 aromatic carbocycles. The van der Waals surface area contributed by atoms with Crippen LogP contribution in [0.5, 0.6) is 0 Å². The second kappa shape index (κ2) is 10.7. The minimum absolute atomic E-state index is 0.137. The first-order valence-corrected chi connectivity index (χ1v) is 12.8. The van der Waals surface area contributed by atoms with Crippen LogP contribution in [0.2, 0.25) is 5.28 Å². The van der Waals surface area contributed by atoms with Crippen molar-refractivity contribution >= 4 is 11.6 Å². The summed E-state index contributed by atoms with van der Waals surface area (Å²) in [5.74, 6) is 1.01. The molecule has 184 valence electrons. The number of halogens is 1. The van der Waals surface area contributed by atoms with E-state index in [1.807, 2.05) is 84.9 Å². The maximum absolute atomic E-state index is 9.06. The summed E-state index contributed by atoms with van der Waals surface area (Å²) in [6.45, 7) is 0. The molecule has 6 rings (SSSR count). The van der Waals surface area contributed by atoms with Gasteiger partial charge >= 0.3 is 0 Å². The molecule has 39 heavy (non-hydrogen) atoms. The molecule has 1 aromatic heterocycles. The molecular weight excluding hydrogens is 500 g/mol. The second-order valence-electron chi connectivity index (χ2n) is 9.05. The Morgan fingerprint density at radius 3 is 1.36 bits per heavy atom. The lowest BCUT2D eigenvalue weighted by Crippen LogP contribution is -1.98. The van der Waals surface area contributed by atoms with E-state index in [-0.39, 0.29) is 5.28 Å². The highest BCUT2D eigenvalue weighted by molar-refractivity contribution is 6.28. The van der Waals surface area contributed by atoms with Gasteiger partial charge in [-0.3, -0.25) is 0 Å². The lowest BCUT2D eigenvalue weighted by Gasteiger charge is -2.11. The summed E-state index contributed by atoms with van der Waals surface area (Å²) in [5, 5.41) is 9.19. The number of nitriles is 1. The molecule has 1 heterocycles. The van der Waals surface area contributed by atoms with Gasteiger partial charge in [0.1, 0.15) is 0 Å². The van der Waals surface area contributed by atoms with Gasteiger partial charge in [-0.05, 0) is 75.3 Å². The molecule has 0 fully saturated rings. The van der Waals surface area contributed by atoms with Crippen LogP contribution in [0.25, 0.3) is 56.2 Å². The van der Waals surface area contributed by atoms with Gasteiger partial charge < -0.3 is 0 Å². The van der Waals surface area contributed by atoms with Gasteiger partial charge in [-0.1, -0.05) is 97.1 Å². The Hall–Kier alpha value is -5.11. The Labute approximate surface area is 231 Å². The molecule has 4 nitrogen and oxygen atoms in total. The first-order chi connectivity index (χ1) is 19.2. The zero-order valence-corrected chi connectivity index (χ0v) is 21.5. The van der Waals surface area contributed by atoms with Gasteiger partial charge in [0.25, 0.3) is 0 Å². The number of benzene rings is 5. The number of aromatic nitrogens is 3. The fourth-order valence-corrected chi connectivity index (χ4v) is 4.67. The van der Waals surface area contributed by atoms with Gasteiger partial charge in [-0.15, -0.1) is 0 Å². The first-order valence-electron chi connectivity index (χ1n) is 12.5. The van der Waals surface area contributed by atoms with Crippen LogP contribution >= 0.6 is 11.6 Å². The van der Waals surface area contributed by atoms with Gasteiger partial charge in [0.2, 0.25) is 5.28 Å². The van der Waals surface area contributed by atoms with Crippen molar-refractivity contribution < 1.29 is 0 Å². The van der Waals surface area contributed by atoms with E-state index in [9.17, 15) is 0 Å². The molecule has 0 unspecified atom stereocenters. The minimum Gasteiger partial charge on any atom is -0.208 e. The average molecular weight is 521 g/mol. The van der Waals surface area contributed by atoms with E-state index in [1.54, 1.807) is 0 Å². The van der Waals surface area contributed by atoms with E-state index >= 15 is 0 Å². The van der Waals surface area contributed by atoms with E-state index in [1.165, 1.54) is 0 Å². The fraction of sp³-hybridized carbons (Fsp3) is 0. The van der Waals surface area contributed by atoms with Crippen LogP contribution in [0.1, 0.15) is 5.56 Å². The van der Waals surface area contributed by atoms with Crippen molar-refractivity contribution in [2.24, 2.45) is 0 Å². The predicted octanol–water partition coefficient (Wildman–Crippen LogP) is 8.73. The third-order valence-corrected chi connectivity index (χ3v) is 6.67. The van der Waals surface area contributed by atoms with Crippen LogP contribution < -0.4 is 0 Å². The highest BCUT2D eigenvalue weighted by Gasteiger charge is 2.13. The van der Waals surface area contributed by atoms with E-state index in [0.717, 1.165) is 44.5 Å². The Kier molecular flexibility index (Phi) is 6.66. The minimum atomic E-state index is 0.137. The maximum Gasteiger partial charge on any atom is 0.226 e. The Morgan fingerprint density at radius 1 is 0.436 bits per heavy atom. The van der Waals surface area contributed by atoms with Gasteiger partial charge in [0.05, 0.1) is 11.6 Å². The standard InChI is InChI=1S/C34H21ClN4/c35-34-38-32(28-17-15-27(16-18-28)26-13-11-23(22-36)12-14-26)37-33(39-34)31-20-29(24-7-3-1-4-8-24)19-30(21-31)25-9-5-2-6-10-25/h1-21H. The normalized spacial score (nSPS) is 10.7. The summed E-state index contributed by atoms with van der Waals surface area (Å²) in [6.07, 6.45) is 0. The third-order valence-electron chi connectivity index (χ3n) is 6.50. The monoisotopic (exact) mass is 520 g/mol. The van der Waals surface area contributed by atoms with Crippen molar-refractivity contribution in [3.05, 3.63) is 138 Å². The number of rotatable bonds is 5. The van der Waals surface area contributed by atoms with Crippen molar-refractivity contribution in [3.8, 4) is 62.2 Å². The van der Waals surface area contributed by atoms with Crippen molar-refractivity contribution in [1.82, 2.24) is 15.0 Å². The highest BCUT2D eigenvalue weighted by atomic mass is 35.5. The summed E-state index contributed by atoms with van der Waals surface area (Å²) >= 11 is 6.43. The molecule has 0 saturated heterocycles. The SMILES string of the molecule is N#Cc1ccc(-c2ccc(-c3nc(Cl)nc(-c4cc(-c5ccccc5)cc(-c5ccccc5)c4)n3)cc2)cc1. The zero-order valence-electron chi connectivity index (χ0n) is 20.8. The maximum atomic E-state index is 9.06. The number of hydrogen-bond acceptors (Lipinski definition) is 4. The van der Waals surface area contributed by atoms with Crippen LogP contribution in [0.15, 0.2) is 127 Å². The molecule has 0 atom stereocenters. The third kappa shape index (κ3) is 5.31. The van der Waals surface area contributed by atoms with Crippen molar-refractivity contribution in [2.45, 2.75) is 0 Å². The summed E-state index contributed by atoms with van der Waals surface area (Å²) in [5.41, 5.74) is 8.73. The molecule has 0 bridgehead atoms. The Balaban J connectivity index is 1.41. The molecule has 0 aliphatic heterocycles. The van der Waals surface area contributed by atoms with E-state index in [0.29, 0.717) is 17.2 Å². The lowest BCUT2D eigenvalue weighted by atomic mass is 9.96. The van der Waals surface area contributed by atoms with Crippen molar-refractivity contribution in [1.29, 1.82) is 5.26 Å². The van der Waals surface area contributed by atoms with Gasteiger partial charge in [0.15, 0.2) is 11.6 Å². The fourth-order valence-electron chi connectivity index (χ4n) is 4.51. The van der Waals surface area contributed by atoms with Crippen LogP contribution in [-0.2, 0) is 0 Å². The van der Waals surface area contributed by atoms with Gasteiger partial charge in [-0.25, -0.2) is 4.98 Å². The van der Waals surface area contributed by atoms with Crippen LogP contribution in [0.3, 0.4) is 0 Å². The van der Waals surface area contributed by atoms with Crippen LogP contribution in [0.4, 0.5) is 0 Å². The lowest BCUT2D eigenvalue weighted by molar-refractivity contribution is 1.07. The summed E-state index contributed by atoms with van der Waals surface area (Å²) < 4.78 is 0. The average Bonchev–Trinajstić information content (AvgIpc) is 3.01. The molecule has 0 saturated carbocycles. The van der Waals surface area contributed by atoms with Crippen molar-refractivity contribution in [3.63, 3.8) is 0 Å². The Morgan fingerprint density at radius 2 is 0.846 bits per heavy atom. The van der Waals surface area contributed by atoms with Crippen LogP contribution in [0, 0.1) is 11.3 Å². The van der Waals surface area contributed by atoms with E-state index < -0.39 is 0 Å². The number of nitrogens with zero attached hydrogens (tertiary/aromatic N) is 4. The first kappa shape index (κ1) is 24.2. The van der Waals surface area contributed by atoms with Gasteiger partial charge in [0, 0.05) is 11.1 Å². The molecule has 6 aromatic rings. The molecular formula is C34H21ClN4. The summed E-state index contributed by atoms with van der Waals surface area (Å²) in [4.78, 5) is 13.7. The van der Waals surface area contributed by atoms with Crippen LogP contribution in [-0.4, -0.2) is 15.0 Å². The molecule has 0 aliphatic rings. The van der Waals surface area contributed by atoms with Crippen molar-refractivity contribution in [2.75, 3.05) is 0 Å². The van der Waals surface area contributed by atoms with E-state index in [4.69, 9.17) is 21.8 Å². The van der Waals surface area contributed by atoms with Gasteiger partial charge in [-0.2, -0.15) is 15.2 Å². The highest BCUT2D eigenvalue weighted by Crippen LogP contribution is 2.33. The molecule has 0 aliphatic carbocycles. The predicted molar refractivity (Wildman–Crippen MR) is 157 cm³/mol. The second-order valence-corrected chi connectivity index (χ2v) is 9.39. The smallest absolute Gasteiger partial charge is 0.208 e. The molecule has 0 spiro atoms. The quantitative estimate of drug-likeness (QED) is 0.228. The van der Waals surface area contributed by atoms with E-state index in [2.05, 4.69) is 58.5 Å². The molecule has 0 N–H and O–H groups in total. The molecule has 5 heteroatoms. The summed E-state index contributed by atoms with van der Waals surface area (Å²) in [6, 6.07) is 44.5.